The first-order valence-corrected chi connectivity index (χ1v) is 9.30. The van der Waals surface area contributed by atoms with Crippen molar-refractivity contribution in [2.45, 2.75) is 31.9 Å². The minimum atomic E-state index is -0.337. The van der Waals surface area contributed by atoms with Crippen LogP contribution in [0.25, 0.3) is 0 Å². The van der Waals surface area contributed by atoms with Gasteiger partial charge in [0.2, 0.25) is 0 Å². The fraction of sp³-hybridized carbons (Fsp3) is 0.333. The van der Waals surface area contributed by atoms with Gasteiger partial charge >= 0.3 is 0 Å². The van der Waals surface area contributed by atoms with Crippen LogP contribution < -0.4 is 16.4 Å². The Morgan fingerprint density at radius 1 is 1.14 bits per heavy atom. The van der Waals surface area contributed by atoms with E-state index in [0.29, 0.717) is 19.1 Å². The molecular formula is C21H27IN4O2. The van der Waals surface area contributed by atoms with Crippen molar-refractivity contribution in [2.24, 2.45) is 10.7 Å². The summed E-state index contributed by atoms with van der Waals surface area (Å²) in [5.74, 6) is 0.329. The van der Waals surface area contributed by atoms with Crippen molar-refractivity contribution in [3.8, 4) is 0 Å². The molecule has 1 heterocycles. The van der Waals surface area contributed by atoms with Crippen molar-refractivity contribution >= 4 is 41.5 Å². The van der Waals surface area contributed by atoms with E-state index < -0.39 is 0 Å². The van der Waals surface area contributed by atoms with E-state index >= 15 is 0 Å². The molecule has 0 spiro atoms. The number of nitrogens with zero attached hydrogens (tertiary/aromatic N) is 1. The average Bonchev–Trinajstić information content (AvgIpc) is 3.23. The Bertz CT molecular complexity index is 777. The fourth-order valence-electron chi connectivity index (χ4n) is 2.97. The highest BCUT2D eigenvalue weighted by Gasteiger charge is 2.23. The lowest BCUT2D eigenvalue weighted by molar-refractivity contribution is -0.124. The second-order valence-electron chi connectivity index (χ2n) is 6.56. The maximum atomic E-state index is 12.1. The van der Waals surface area contributed by atoms with Gasteiger partial charge in [-0.25, -0.2) is 4.99 Å². The van der Waals surface area contributed by atoms with Gasteiger partial charge < -0.3 is 21.1 Å². The van der Waals surface area contributed by atoms with Crippen LogP contribution in [0.4, 0.5) is 5.69 Å². The summed E-state index contributed by atoms with van der Waals surface area (Å²) in [7, 11) is 0. The fourth-order valence-corrected chi connectivity index (χ4v) is 2.97. The highest BCUT2D eigenvalue weighted by molar-refractivity contribution is 14.0. The normalized spacial score (nSPS) is 16.3. The van der Waals surface area contributed by atoms with Crippen molar-refractivity contribution in [1.82, 2.24) is 5.32 Å². The van der Waals surface area contributed by atoms with Gasteiger partial charge in [-0.1, -0.05) is 42.5 Å². The molecule has 1 atom stereocenters. The molecule has 7 heteroatoms. The highest BCUT2D eigenvalue weighted by atomic mass is 127. The van der Waals surface area contributed by atoms with Gasteiger partial charge in [-0.2, -0.15) is 0 Å². The van der Waals surface area contributed by atoms with Gasteiger partial charge in [0.05, 0.1) is 6.54 Å². The Labute approximate surface area is 183 Å². The Hall–Kier alpha value is -2.13. The largest absolute Gasteiger partial charge is 0.370 e. The first kappa shape index (κ1) is 22.2. The molecule has 3 rings (SSSR count). The van der Waals surface area contributed by atoms with E-state index in [9.17, 15) is 4.79 Å². The lowest BCUT2D eigenvalue weighted by Crippen LogP contribution is -2.33. The summed E-state index contributed by atoms with van der Waals surface area (Å²) in [6.07, 6.45) is 2.27. The smallest absolute Gasteiger partial charge is 0.253 e. The zero-order valence-electron chi connectivity index (χ0n) is 15.8. The van der Waals surface area contributed by atoms with Crippen molar-refractivity contribution in [2.75, 3.05) is 18.5 Å². The van der Waals surface area contributed by atoms with Gasteiger partial charge in [0.15, 0.2) is 5.96 Å². The second-order valence-corrected chi connectivity index (χ2v) is 6.56. The van der Waals surface area contributed by atoms with Crippen LogP contribution in [-0.2, 0) is 22.5 Å². The molecule has 0 aliphatic carbocycles. The Morgan fingerprint density at radius 3 is 2.68 bits per heavy atom. The molecule has 2 aromatic carbocycles. The van der Waals surface area contributed by atoms with E-state index in [0.717, 1.165) is 37.1 Å². The maximum Gasteiger partial charge on any atom is 0.253 e. The van der Waals surface area contributed by atoms with Gasteiger partial charge in [-0.05, 0) is 42.5 Å². The molecule has 6 nitrogen and oxygen atoms in total. The van der Waals surface area contributed by atoms with Gasteiger partial charge in [0.1, 0.15) is 6.10 Å². The molecule has 1 amide bonds. The molecule has 0 bridgehead atoms. The first-order valence-electron chi connectivity index (χ1n) is 9.30. The SMILES string of the molecule is I.NC(=NCc1cccc(NC(=O)C2CCCO2)c1)NCCc1ccccc1. The molecular weight excluding hydrogens is 467 g/mol. The predicted molar refractivity (Wildman–Crippen MR) is 123 cm³/mol. The number of rotatable bonds is 7. The summed E-state index contributed by atoms with van der Waals surface area (Å²) >= 11 is 0. The zero-order chi connectivity index (χ0) is 18.9. The Kier molecular flexibility index (Phi) is 9.22. The van der Waals surface area contributed by atoms with Crippen LogP contribution in [0.2, 0.25) is 0 Å². The minimum Gasteiger partial charge on any atom is -0.370 e. The molecule has 1 aliphatic heterocycles. The number of carbonyl (C=O) groups excluding carboxylic acids is 1. The molecule has 1 saturated heterocycles. The predicted octanol–water partition coefficient (Wildman–Crippen LogP) is 3.07. The molecule has 150 valence electrons. The Balaban J connectivity index is 0.00000280. The zero-order valence-corrected chi connectivity index (χ0v) is 18.1. The number of anilines is 1. The number of benzene rings is 2. The Morgan fingerprint density at radius 2 is 1.93 bits per heavy atom. The van der Waals surface area contributed by atoms with E-state index in [-0.39, 0.29) is 36.0 Å². The first-order chi connectivity index (χ1) is 13.2. The van der Waals surface area contributed by atoms with E-state index in [2.05, 4.69) is 27.8 Å². The number of nitrogens with two attached hydrogens (primary N) is 1. The number of aliphatic imine (C=N–C) groups is 1. The summed E-state index contributed by atoms with van der Waals surface area (Å²) in [6, 6.07) is 17.9. The molecule has 0 saturated carbocycles. The second kappa shape index (κ2) is 11.7. The van der Waals surface area contributed by atoms with Gasteiger partial charge in [0, 0.05) is 18.8 Å². The maximum absolute atomic E-state index is 12.1. The van der Waals surface area contributed by atoms with Crippen LogP contribution in [0.15, 0.2) is 59.6 Å². The van der Waals surface area contributed by atoms with Crippen LogP contribution in [0.3, 0.4) is 0 Å². The molecule has 1 fully saturated rings. The number of amides is 1. The third-order valence-electron chi connectivity index (χ3n) is 4.41. The van der Waals surface area contributed by atoms with Gasteiger partial charge in [0.25, 0.3) is 5.91 Å². The average molecular weight is 494 g/mol. The number of halogens is 1. The van der Waals surface area contributed by atoms with Crippen LogP contribution in [0, 0.1) is 0 Å². The molecule has 28 heavy (non-hydrogen) atoms. The number of hydrogen-bond donors (Lipinski definition) is 3. The number of guanidine groups is 1. The number of hydrogen-bond acceptors (Lipinski definition) is 3. The lowest BCUT2D eigenvalue weighted by Gasteiger charge is -2.11. The van der Waals surface area contributed by atoms with E-state index in [1.807, 2.05) is 42.5 Å². The van der Waals surface area contributed by atoms with Crippen LogP contribution >= 0.6 is 24.0 Å². The van der Waals surface area contributed by atoms with Gasteiger partial charge in [-0.3, -0.25) is 4.79 Å². The minimum absolute atomic E-state index is 0. The summed E-state index contributed by atoms with van der Waals surface area (Å²) < 4.78 is 5.41. The number of ether oxygens (including phenoxy) is 1. The van der Waals surface area contributed by atoms with Crippen LogP contribution in [0.5, 0.6) is 0 Å². The van der Waals surface area contributed by atoms with Crippen molar-refractivity contribution in [3.05, 3.63) is 65.7 Å². The monoisotopic (exact) mass is 494 g/mol. The number of nitrogens with one attached hydrogen (secondary N) is 2. The third kappa shape index (κ3) is 7.12. The van der Waals surface area contributed by atoms with Crippen molar-refractivity contribution in [3.63, 3.8) is 0 Å². The number of carbonyl (C=O) groups is 1. The molecule has 2 aromatic rings. The van der Waals surface area contributed by atoms with E-state index in [1.165, 1.54) is 5.56 Å². The quantitative estimate of drug-likeness (QED) is 0.314. The third-order valence-corrected chi connectivity index (χ3v) is 4.41. The van der Waals surface area contributed by atoms with Gasteiger partial charge in [-0.15, -0.1) is 24.0 Å². The molecule has 0 aromatic heterocycles. The molecule has 1 unspecified atom stereocenters. The van der Waals surface area contributed by atoms with Crippen LogP contribution in [-0.4, -0.2) is 31.1 Å². The topological polar surface area (TPSA) is 88.7 Å². The molecule has 4 N–H and O–H groups in total. The molecule has 0 radical (unpaired) electrons. The van der Waals surface area contributed by atoms with Crippen LogP contribution in [0.1, 0.15) is 24.0 Å². The highest BCUT2D eigenvalue weighted by Crippen LogP contribution is 2.16. The summed E-state index contributed by atoms with van der Waals surface area (Å²) in [5, 5.41) is 6.03. The molecule has 1 aliphatic rings. The summed E-state index contributed by atoms with van der Waals surface area (Å²) in [6.45, 7) is 1.84. The van der Waals surface area contributed by atoms with Crippen molar-refractivity contribution < 1.29 is 9.53 Å². The van der Waals surface area contributed by atoms with E-state index in [4.69, 9.17) is 10.5 Å². The lowest BCUT2D eigenvalue weighted by atomic mass is 10.1. The standard InChI is InChI=1S/C21H26N4O2.HI/c22-21(23-12-11-16-6-2-1-3-7-16)24-15-17-8-4-9-18(14-17)25-20(26)19-10-5-13-27-19;/h1-4,6-9,14,19H,5,10-13,15H2,(H,25,26)(H3,22,23,24);1H. The van der Waals surface area contributed by atoms with E-state index in [1.54, 1.807) is 0 Å². The summed E-state index contributed by atoms with van der Waals surface area (Å²) in [5.41, 5.74) is 8.93. The summed E-state index contributed by atoms with van der Waals surface area (Å²) in [4.78, 5) is 16.5. The van der Waals surface area contributed by atoms with Crippen molar-refractivity contribution in [1.29, 1.82) is 0 Å².